The fourth-order valence-electron chi connectivity index (χ4n) is 2.44. The molecule has 1 aromatic carbocycles. The van der Waals surface area contributed by atoms with Crippen LogP contribution in [-0.2, 0) is 0 Å². The van der Waals surface area contributed by atoms with Crippen LogP contribution in [0.3, 0.4) is 0 Å². The SMILES string of the molecule is CC[C@@H](CN(C)CC1CC1)C(=O)c1ccc(Cl)cc1. The molecular weight excluding hydrogens is 258 g/mol. The maximum Gasteiger partial charge on any atom is 0.167 e. The molecule has 0 amide bonds. The van der Waals surface area contributed by atoms with Gasteiger partial charge in [0.2, 0.25) is 0 Å². The van der Waals surface area contributed by atoms with E-state index >= 15 is 0 Å². The highest BCUT2D eigenvalue weighted by atomic mass is 35.5. The van der Waals surface area contributed by atoms with E-state index in [4.69, 9.17) is 11.6 Å². The minimum atomic E-state index is 0.0879. The average Bonchev–Trinajstić information content (AvgIpc) is 3.20. The van der Waals surface area contributed by atoms with E-state index in [1.54, 1.807) is 12.1 Å². The predicted octanol–water partition coefficient (Wildman–Crippen LogP) is 3.89. The molecule has 104 valence electrons. The maximum atomic E-state index is 12.5. The van der Waals surface area contributed by atoms with E-state index in [-0.39, 0.29) is 11.7 Å². The molecule has 0 bridgehead atoms. The van der Waals surface area contributed by atoms with Crippen molar-refractivity contribution in [2.24, 2.45) is 11.8 Å². The first-order valence-electron chi connectivity index (χ1n) is 7.08. The summed E-state index contributed by atoms with van der Waals surface area (Å²) in [5.41, 5.74) is 0.774. The zero-order valence-corrected chi connectivity index (χ0v) is 12.5. The van der Waals surface area contributed by atoms with Gasteiger partial charge in [0.1, 0.15) is 0 Å². The van der Waals surface area contributed by atoms with Crippen LogP contribution in [0.1, 0.15) is 36.5 Å². The number of rotatable bonds is 7. The second-order valence-corrected chi connectivity index (χ2v) is 6.08. The van der Waals surface area contributed by atoms with Gasteiger partial charge in [0.15, 0.2) is 5.78 Å². The lowest BCUT2D eigenvalue weighted by Gasteiger charge is -2.22. The van der Waals surface area contributed by atoms with Crippen LogP contribution in [-0.4, -0.2) is 30.8 Å². The Kier molecular flexibility index (Phi) is 5.00. The summed E-state index contributed by atoms with van der Waals surface area (Å²) in [7, 11) is 2.12. The highest BCUT2D eigenvalue weighted by molar-refractivity contribution is 6.30. The number of benzene rings is 1. The lowest BCUT2D eigenvalue weighted by atomic mass is 9.94. The molecule has 1 aliphatic rings. The van der Waals surface area contributed by atoms with Gasteiger partial charge in [-0.25, -0.2) is 0 Å². The van der Waals surface area contributed by atoms with Gasteiger partial charge in [0, 0.05) is 29.6 Å². The maximum absolute atomic E-state index is 12.5. The Morgan fingerprint density at radius 1 is 1.37 bits per heavy atom. The number of hydrogen-bond donors (Lipinski definition) is 0. The van der Waals surface area contributed by atoms with E-state index in [0.717, 1.165) is 31.0 Å². The molecule has 19 heavy (non-hydrogen) atoms. The van der Waals surface area contributed by atoms with Crippen molar-refractivity contribution in [3.63, 3.8) is 0 Å². The molecule has 1 aliphatic carbocycles. The van der Waals surface area contributed by atoms with Crippen molar-refractivity contribution < 1.29 is 4.79 Å². The first-order chi connectivity index (χ1) is 9.10. The van der Waals surface area contributed by atoms with Crippen molar-refractivity contribution in [3.05, 3.63) is 34.9 Å². The Morgan fingerprint density at radius 2 is 2.00 bits per heavy atom. The molecule has 0 aromatic heterocycles. The fraction of sp³-hybridized carbons (Fsp3) is 0.562. The molecule has 0 radical (unpaired) electrons. The van der Waals surface area contributed by atoms with E-state index in [2.05, 4.69) is 18.9 Å². The monoisotopic (exact) mass is 279 g/mol. The summed E-state index contributed by atoms with van der Waals surface area (Å²) >= 11 is 5.86. The summed E-state index contributed by atoms with van der Waals surface area (Å²) in [5.74, 6) is 1.19. The summed E-state index contributed by atoms with van der Waals surface area (Å²) in [5, 5.41) is 0.676. The summed E-state index contributed by atoms with van der Waals surface area (Å²) in [6, 6.07) is 7.23. The predicted molar refractivity (Wildman–Crippen MR) is 79.8 cm³/mol. The number of carbonyl (C=O) groups is 1. The normalized spacial score (nSPS) is 16.6. The molecule has 3 heteroatoms. The topological polar surface area (TPSA) is 20.3 Å². The molecule has 0 aliphatic heterocycles. The van der Waals surface area contributed by atoms with Crippen molar-refractivity contribution in [1.29, 1.82) is 0 Å². The third-order valence-electron chi connectivity index (χ3n) is 3.79. The van der Waals surface area contributed by atoms with Gasteiger partial charge >= 0.3 is 0 Å². The van der Waals surface area contributed by atoms with E-state index in [1.807, 2.05) is 12.1 Å². The van der Waals surface area contributed by atoms with E-state index in [9.17, 15) is 4.79 Å². The molecular formula is C16H22ClNO. The number of halogens is 1. The molecule has 1 saturated carbocycles. The van der Waals surface area contributed by atoms with Gasteiger partial charge in [0.05, 0.1) is 0 Å². The van der Waals surface area contributed by atoms with Crippen molar-refractivity contribution in [3.8, 4) is 0 Å². The number of nitrogens with zero attached hydrogens (tertiary/aromatic N) is 1. The van der Waals surface area contributed by atoms with Crippen molar-refractivity contribution in [2.75, 3.05) is 20.1 Å². The fourth-order valence-corrected chi connectivity index (χ4v) is 2.57. The molecule has 0 saturated heterocycles. The van der Waals surface area contributed by atoms with Gasteiger partial charge in [-0.15, -0.1) is 0 Å². The highest BCUT2D eigenvalue weighted by Gasteiger charge is 2.25. The number of ketones is 1. The Labute approximate surface area is 120 Å². The summed E-state index contributed by atoms with van der Waals surface area (Å²) in [6.07, 6.45) is 3.59. The Morgan fingerprint density at radius 3 is 2.53 bits per heavy atom. The second-order valence-electron chi connectivity index (χ2n) is 5.64. The largest absolute Gasteiger partial charge is 0.305 e. The third kappa shape index (κ3) is 4.32. The van der Waals surface area contributed by atoms with Gasteiger partial charge < -0.3 is 4.90 Å². The molecule has 0 heterocycles. The molecule has 0 unspecified atom stereocenters. The van der Waals surface area contributed by atoms with E-state index in [0.29, 0.717) is 5.02 Å². The van der Waals surface area contributed by atoms with Gasteiger partial charge in [-0.3, -0.25) is 4.79 Å². The van der Waals surface area contributed by atoms with E-state index < -0.39 is 0 Å². The highest BCUT2D eigenvalue weighted by Crippen LogP contribution is 2.29. The Hall–Kier alpha value is -0.860. The second kappa shape index (κ2) is 6.53. The number of carbonyl (C=O) groups excluding carboxylic acids is 1. The van der Waals surface area contributed by atoms with Gasteiger partial charge in [-0.1, -0.05) is 18.5 Å². The van der Waals surface area contributed by atoms with Crippen LogP contribution in [0.15, 0.2) is 24.3 Å². The van der Waals surface area contributed by atoms with Crippen molar-refractivity contribution in [2.45, 2.75) is 26.2 Å². The van der Waals surface area contributed by atoms with Crippen LogP contribution in [0.25, 0.3) is 0 Å². The quantitative estimate of drug-likeness (QED) is 0.706. The first-order valence-corrected chi connectivity index (χ1v) is 7.46. The number of hydrogen-bond acceptors (Lipinski definition) is 2. The molecule has 0 spiro atoms. The molecule has 1 atom stereocenters. The molecule has 1 fully saturated rings. The van der Waals surface area contributed by atoms with Crippen LogP contribution in [0.4, 0.5) is 0 Å². The zero-order chi connectivity index (χ0) is 13.8. The van der Waals surface area contributed by atoms with Crippen molar-refractivity contribution in [1.82, 2.24) is 4.90 Å². The smallest absolute Gasteiger partial charge is 0.167 e. The van der Waals surface area contributed by atoms with Gasteiger partial charge in [0.25, 0.3) is 0 Å². The zero-order valence-electron chi connectivity index (χ0n) is 11.7. The molecule has 1 aromatic rings. The van der Waals surface area contributed by atoms with Gasteiger partial charge in [-0.2, -0.15) is 0 Å². The average molecular weight is 280 g/mol. The van der Waals surface area contributed by atoms with Crippen LogP contribution >= 0.6 is 11.6 Å². The van der Waals surface area contributed by atoms with Crippen LogP contribution in [0.2, 0.25) is 5.02 Å². The molecule has 2 nitrogen and oxygen atoms in total. The third-order valence-corrected chi connectivity index (χ3v) is 4.04. The van der Waals surface area contributed by atoms with Crippen LogP contribution in [0.5, 0.6) is 0 Å². The van der Waals surface area contributed by atoms with Crippen LogP contribution < -0.4 is 0 Å². The number of Topliss-reactive ketones (excluding diaryl/α,β-unsaturated/α-hetero) is 1. The van der Waals surface area contributed by atoms with Crippen LogP contribution in [0, 0.1) is 11.8 Å². The van der Waals surface area contributed by atoms with Gasteiger partial charge in [-0.05, 0) is 56.5 Å². The lowest BCUT2D eigenvalue weighted by Crippen LogP contribution is -2.31. The summed E-state index contributed by atoms with van der Waals surface area (Å²) in [4.78, 5) is 14.8. The Bertz CT molecular complexity index is 425. The summed E-state index contributed by atoms with van der Waals surface area (Å²) in [6.45, 7) is 4.07. The summed E-state index contributed by atoms with van der Waals surface area (Å²) < 4.78 is 0. The standard InChI is InChI=1S/C16H22ClNO/c1-3-13(11-18(2)10-12-4-5-12)16(19)14-6-8-15(17)9-7-14/h6-9,12-13H,3-5,10-11H2,1-2H3/t13-/m0/s1. The lowest BCUT2D eigenvalue weighted by molar-refractivity contribution is 0.0884. The Balaban J connectivity index is 1.95. The molecule has 2 rings (SSSR count). The molecule has 0 N–H and O–H groups in total. The minimum Gasteiger partial charge on any atom is -0.305 e. The minimum absolute atomic E-state index is 0.0879. The van der Waals surface area contributed by atoms with E-state index in [1.165, 1.54) is 12.8 Å². The first kappa shape index (κ1) is 14.5. The van der Waals surface area contributed by atoms with Crippen molar-refractivity contribution >= 4 is 17.4 Å².